The van der Waals surface area contributed by atoms with Crippen LogP contribution in [0, 0.1) is 69.2 Å². The third-order valence-electron chi connectivity index (χ3n) is 5.39. The van der Waals surface area contributed by atoms with E-state index in [-0.39, 0.29) is 0 Å². The molecule has 4 heterocycles. The number of furan rings is 1. The van der Waals surface area contributed by atoms with Crippen molar-refractivity contribution in [2.45, 2.75) is 69.2 Å². The van der Waals surface area contributed by atoms with Gasteiger partial charge in [0.15, 0.2) is 0 Å². The van der Waals surface area contributed by atoms with E-state index >= 15 is 0 Å². The minimum Gasteiger partial charge on any atom is -0.466 e. The third-order valence-corrected chi connectivity index (χ3v) is 8.19. The van der Waals surface area contributed by atoms with Gasteiger partial charge in [0.25, 0.3) is 0 Å². The molecule has 0 N–H and O–H groups in total. The van der Waals surface area contributed by atoms with Crippen LogP contribution in [0.4, 0.5) is 0 Å². The Bertz CT molecular complexity index is 869. The molecule has 0 bridgehead atoms. The smallest absolute Gasteiger partial charge is 0.104 e. The van der Waals surface area contributed by atoms with Gasteiger partial charge in [-0.3, -0.25) is 0 Å². The van der Waals surface area contributed by atoms with Gasteiger partial charge in [-0.25, -0.2) is 0 Å². The summed E-state index contributed by atoms with van der Waals surface area (Å²) in [5, 5.41) is 6.20. The van der Waals surface area contributed by atoms with Crippen molar-refractivity contribution in [3.8, 4) is 0 Å². The van der Waals surface area contributed by atoms with Crippen molar-refractivity contribution >= 4 is 34.0 Å². The zero-order valence-corrected chi connectivity index (χ0v) is 22.5. The van der Waals surface area contributed by atoms with E-state index in [4.69, 9.17) is 4.42 Å². The Morgan fingerprint density at radius 2 is 1.03 bits per heavy atom. The molecule has 0 aliphatic heterocycles. The second kappa shape index (κ2) is 12.9. The lowest BCUT2D eigenvalue weighted by molar-refractivity contribution is 0.501. The van der Waals surface area contributed by atoms with Crippen molar-refractivity contribution in [3.05, 3.63) is 88.3 Å². The molecule has 164 valence electrons. The highest BCUT2D eigenvalue weighted by atomic mass is 32.1. The summed E-state index contributed by atoms with van der Waals surface area (Å²) in [6, 6.07) is 6.18. The molecule has 0 aromatic carbocycles. The normalized spacial score (nSPS) is 9.67. The van der Waals surface area contributed by atoms with E-state index in [1.54, 1.807) is 22.7 Å². The van der Waals surface area contributed by atoms with Crippen LogP contribution in [0.3, 0.4) is 0 Å². The molecule has 0 unspecified atom stereocenters. The van der Waals surface area contributed by atoms with Gasteiger partial charge in [0.1, 0.15) is 11.5 Å². The van der Waals surface area contributed by atoms with Gasteiger partial charge >= 0.3 is 0 Å². The maximum absolute atomic E-state index is 5.34. The molecule has 0 saturated carbocycles. The summed E-state index contributed by atoms with van der Waals surface area (Å²) in [5.41, 5.74) is 6.92. The molecule has 4 heteroatoms. The highest BCUT2D eigenvalue weighted by molar-refractivity contribution is 7.12. The number of rotatable bonds is 0. The summed E-state index contributed by atoms with van der Waals surface area (Å²) in [6.45, 7) is 21.2. The van der Waals surface area contributed by atoms with Crippen molar-refractivity contribution in [1.29, 1.82) is 0 Å². The number of hydrogen-bond donors (Lipinski definition) is 0. The van der Waals surface area contributed by atoms with E-state index in [1.807, 2.05) is 48.1 Å². The summed E-state index contributed by atoms with van der Waals surface area (Å²) in [5.74, 6) is 2.09. The quantitative estimate of drug-likeness (QED) is 0.254. The van der Waals surface area contributed by atoms with Crippen LogP contribution in [0.2, 0.25) is 0 Å². The number of hydrogen-bond acceptors (Lipinski definition) is 4. The average molecular weight is 461 g/mol. The monoisotopic (exact) mass is 460 g/mol. The van der Waals surface area contributed by atoms with E-state index in [0.717, 1.165) is 11.5 Å². The van der Waals surface area contributed by atoms with Crippen LogP contribution >= 0.6 is 34.0 Å². The van der Waals surface area contributed by atoms with Crippen molar-refractivity contribution in [3.63, 3.8) is 0 Å². The van der Waals surface area contributed by atoms with Gasteiger partial charge in [0.05, 0.1) is 0 Å². The molecule has 0 aliphatic carbocycles. The Balaban J connectivity index is 0.000000204. The molecular formula is C26H36OS3. The molecule has 0 spiro atoms. The molecule has 0 atom stereocenters. The number of aryl methyl sites for hydroxylation is 6. The summed E-state index contributed by atoms with van der Waals surface area (Å²) in [7, 11) is 0. The standard InChI is InChI=1S/C8H12O.C8H12S.C6H8S.C4H4S/c2*1-5-6(2)8(4)9-7(5)3;1-5-3-4-7-6(5)2;1-2-4-5-3-1/h2*1-4H3;3-4H,1-2H3;1-4H. The van der Waals surface area contributed by atoms with Gasteiger partial charge in [-0.1, -0.05) is 12.1 Å². The van der Waals surface area contributed by atoms with Crippen LogP contribution < -0.4 is 0 Å². The van der Waals surface area contributed by atoms with E-state index < -0.39 is 0 Å². The fraction of sp³-hybridized carbons (Fsp3) is 0.385. The van der Waals surface area contributed by atoms with Gasteiger partial charge < -0.3 is 4.42 Å². The van der Waals surface area contributed by atoms with E-state index in [9.17, 15) is 0 Å². The van der Waals surface area contributed by atoms with Crippen LogP contribution in [-0.4, -0.2) is 0 Å². The molecule has 0 radical (unpaired) electrons. The zero-order valence-electron chi connectivity index (χ0n) is 20.1. The molecule has 0 saturated heterocycles. The number of thiophene rings is 3. The van der Waals surface area contributed by atoms with Gasteiger partial charge in [0.2, 0.25) is 0 Å². The molecule has 1 nitrogen and oxygen atoms in total. The van der Waals surface area contributed by atoms with Gasteiger partial charge in [-0.15, -0.1) is 22.7 Å². The van der Waals surface area contributed by atoms with Crippen LogP contribution in [0.1, 0.15) is 54.0 Å². The molecule has 30 heavy (non-hydrogen) atoms. The van der Waals surface area contributed by atoms with Gasteiger partial charge in [-0.2, -0.15) is 11.3 Å². The Morgan fingerprint density at radius 3 is 1.17 bits per heavy atom. The Morgan fingerprint density at radius 1 is 0.567 bits per heavy atom. The summed E-state index contributed by atoms with van der Waals surface area (Å²) >= 11 is 5.41. The third kappa shape index (κ3) is 8.25. The topological polar surface area (TPSA) is 13.1 Å². The largest absolute Gasteiger partial charge is 0.466 e. The van der Waals surface area contributed by atoms with Crippen LogP contribution in [0.5, 0.6) is 0 Å². The highest BCUT2D eigenvalue weighted by Gasteiger charge is 2.04. The lowest BCUT2D eigenvalue weighted by Gasteiger charge is -1.88. The Kier molecular flexibility index (Phi) is 11.4. The Hall–Kier alpha value is -1.62. The first-order chi connectivity index (χ1) is 14.1. The van der Waals surface area contributed by atoms with Gasteiger partial charge in [-0.05, 0) is 119 Å². The lowest BCUT2D eigenvalue weighted by atomic mass is 10.2. The maximum Gasteiger partial charge on any atom is 0.104 e. The Labute approximate surface area is 195 Å². The van der Waals surface area contributed by atoms with E-state index in [1.165, 1.54) is 42.4 Å². The summed E-state index contributed by atoms with van der Waals surface area (Å²) in [4.78, 5) is 4.36. The van der Waals surface area contributed by atoms with Crippen molar-refractivity contribution in [2.24, 2.45) is 0 Å². The highest BCUT2D eigenvalue weighted by Crippen LogP contribution is 2.24. The van der Waals surface area contributed by atoms with E-state index in [2.05, 4.69) is 66.8 Å². The first-order valence-electron chi connectivity index (χ1n) is 10.1. The first kappa shape index (κ1) is 26.4. The molecule has 0 aliphatic rings. The maximum atomic E-state index is 5.34. The van der Waals surface area contributed by atoms with Crippen LogP contribution in [-0.2, 0) is 0 Å². The predicted molar refractivity (Wildman–Crippen MR) is 139 cm³/mol. The van der Waals surface area contributed by atoms with Gasteiger partial charge in [0, 0.05) is 14.6 Å². The minimum absolute atomic E-state index is 1.05. The second-order valence-corrected chi connectivity index (χ2v) is 10.7. The fourth-order valence-corrected chi connectivity index (χ4v) is 4.75. The molecule has 4 aromatic heterocycles. The fourth-order valence-electron chi connectivity index (χ4n) is 2.50. The molecular weight excluding hydrogens is 424 g/mol. The summed E-state index contributed by atoms with van der Waals surface area (Å²) < 4.78 is 5.34. The predicted octanol–water partition coefficient (Wildman–Crippen LogP) is 9.61. The average Bonchev–Trinajstić information content (AvgIpc) is 3.48. The van der Waals surface area contributed by atoms with Crippen molar-refractivity contribution in [2.75, 3.05) is 0 Å². The van der Waals surface area contributed by atoms with Crippen molar-refractivity contribution in [1.82, 2.24) is 0 Å². The lowest BCUT2D eigenvalue weighted by Crippen LogP contribution is -1.73. The molecule has 4 rings (SSSR count). The second-order valence-electron chi connectivity index (χ2n) is 7.38. The van der Waals surface area contributed by atoms with E-state index in [0.29, 0.717) is 0 Å². The first-order valence-corrected chi connectivity index (χ1v) is 12.7. The van der Waals surface area contributed by atoms with Crippen LogP contribution in [0.15, 0.2) is 38.8 Å². The van der Waals surface area contributed by atoms with Crippen LogP contribution in [0.25, 0.3) is 0 Å². The minimum atomic E-state index is 1.05. The SMILES string of the molecule is Cc1ccsc1C.Cc1oc(C)c(C)c1C.Cc1sc(C)c(C)c1C.c1ccsc1. The summed E-state index contributed by atoms with van der Waals surface area (Å²) in [6.07, 6.45) is 0. The molecule has 4 aromatic rings. The zero-order chi connectivity index (χ0) is 22.8. The molecule has 0 amide bonds. The molecule has 0 fully saturated rings. The van der Waals surface area contributed by atoms with Crippen molar-refractivity contribution < 1.29 is 4.42 Å².